The summed E-state index contributed by atoms with van der Waals surface area (Å²) in [7, 11) is 0. The summed E-state index contributed by atoms with van der Waals surface area (Å²) < 4.78 is 74.7. The predicted octanol–water partition coefficient (Wildman–Crippen LogP) is 4.12. The summed E-state index contributed by atoms with van der Waals surface area (Å²) in [6.07, 6.45) is -7.79. The van der Waals surface area contributed by atoms with Gasteiger partial charge in [-0.15, -0.1) is 0 Å². The van der Waals surface area contributed by atoms with Crippen molar-refractivity contribution in [3.63, 3.8) is 0 Å². The van der Waals surface area contributed by atoms with E-state index in [2.05, 4.69) is 5.32 Å². The number of halogens is 7. The standard InChI is InChI=1S/C12H13ClF3NO.C2HF3O2/c13-10-7-8(12(14,15)16)1-2-11(10)18-9-3-5-17-6-4-9;3-2(4,5)1(6)7/h1-2,7,9,17H,3-6H2;(H,6,7). The number of hydrogen-bond acceptors (Lipinski definition) is 3. The van der Waals surface area contributed by atoms with Crippen LogP contribution in [0.5, 0.6) is 5.75 Å². The van der Waals surface area contributed by atoms with Gasteiger partial charge in [-0.3, -0.25) is 0 Å². The summed E-state index contributed by atoms with van der Waals surface area (Å²) in [5.74, 6) is -2.44. The van der Waals surface area contributed by atoms with Crippen molar-refractivity contribution in [2.75, 3.05) is 13.1 Å². The molecular weight excluding hydrogens is 380 g/mol. The van der Waals surface area contributed by atoms with Gasteiger partial charge in [0, 0.05) is 0 Å². The van der Waals surface area contributed by atoms with Gasteiger partial charge in [0.25, 0.3) is 0 Å². The van der Waals surface area contributed by atoms with Crippen molar-refractivity contribution in [2.45, 2.75) is 31.3 Å². The van der Waals surface area contributed by atoms with Gasteiger partial charge in [0.1, 0.15) is 11.9 Å². The van der Waals surface area contributed by atoms with Crippen molar-refractivity contribution in [3.05, 3.63) is 28.8 Å². The molecule has 0 spiro atoms. The molecule has 0 aliphatic carbocycles. The van der Waals surface area contributed by atoms with Crippen LogP contribution in [0.1, 0.15) is 18.4 Å². The molecule has 0 unspecified atom stereocenters. The van der Waals surface area contributed by atoms with Crippen LogP contribution in [0.15, 0.2) is 18.2 Å². The molecule has 0 atom stereocenters. The molecule has 2 rings (SSSR count). The minimum atomic E-state index is -5.08. The van der Waals surface area contributed by atoms with E-state index in [0.29, 0.717) is 5.75 Å². The van der Waals surface area contributed by atoms with Gasteiger partial charge < -0.3 is 15.2 Å². The number of carboxylic acid groups (broad SMARTS) is 1. The van der Waals surface area contributed by atoms with E-state index in [1.165, 1.54) is 6.07 Å². The van der Waals surface area contributed by atoms with Crippen LogP contribution in [0.25, 0.3) is 0 Å². The fourth-order valence-electron chi connectivity index (χ4n) is 1.87. The number of benzene rings is 1. The molecule has 1 heterocycles. The van der Waals surface area contributed by atoms with Crippen molar-refractivity contribution < 1.29 is 41.0 Å². The topological polar surface area (TPSA) is 58.6 Å². The number of rotatable bonds is 2. The zero-order valence-electron chi connectivity index (χ0n) is 12.5. The first-order chi connectivity index (χ1) is 11.4. The first-order valence-electron chi connectivity index (χ1n) is 6.95. The van der Waals surface area contributed by atoms with Gasteiger partial charge in [0.15, 0.2) is 0 Å². The summed E-state index contributed by atoms with van der Waals surface area (Å²) in [6.45, 7) is 1.70. The monoisotopic (exact) mass is 393 g/mol. The molecule has 0 bridgehead atoms. The molecule has 1 aliphatic rings. The van der Waals surface area contributed by atoms with Crippen molar-refractivity contribution in [1.82, 2.24) is 5.32 Å². The highest BCUT2D eigenvalue weighted by Gasteiger charge is 2.38. The van der Waals surface area contributed by atoms with Crippen LogP contribution >= 0.6 is 11.6 Å². The second-order valence-corrected chi connectivity index (χ2v) is 5.42. The van der Waals surface area contributed by atoms with Crippen LogP contribution in [-0.4, -0.2) is 36.4 Å². The van der Waals surface area contributed by atoms with Gasteiger partial charge in [-0.25, -0.2) is 4.79 Å². The zero-order chi connectivity index (χ0) is 19.3. The van der Waals surface area contributed by atoms with E-state index in [1.807, 2.05) is 0 Å². The molecule has 142 valence electrons. The Morgan fingerprint density at radius 3 is 2.08 bits per heavy atom. The van der Waals surface area contributed by atoms with E-state index in [1.54, 1.807) is 0 Å². The first-order valence-corrected chi connectivity index (χ1v) is 7.33. The average Bonchev–Trinajstić information content (AvgIpc) is 2.49. The number of carboxylic acids is 1. The SMILES string of the molecule is FC(F)(F)c1ccc(OC2CCNCC2)c(Cl)c1.O=C(O)C(F)(F)F. The summed E-state index contributed by atoms with van der Waals surface area (Å²) in [5.41, 5.74) is -0.759. The van der Waals surface area contributed by atoms with Crippen LogP contribution in [0.2, 0.25) is 5.02 Å². The van der Waals surface area contributed by atoms with Gasteiger partial charge in [-0.05, 0) is 44.1 Å². The van der Waals surface area contributed by atoms with Crippen molar-refractivity contribution in [2.24, 2.45) is 0 Å². The summed E-state index contributed by atoms with van der Waals surface area (Å²) in [5, 5.41) is 10.3. The van der Waals surface area contributed by atoms with E-state index in [4.69, 9.17) is 26.2 Å². The number of alkyl halides is 6. The normalized spacial score (nSPS) is 16.0. The van der Waals surface area contributed by atoms with Crippen molar-refractivity contribution in [3.8, 4) is 5.75 Å². The fraction of sp³-hybridized carbons (Fsp3) is 0.500. The predicted molar refractivity (Wildman–Crippen MR) is 76.7 cm³/mol. The van der Waals surface area contributed by atoms with Crippen molar-refractivity contribution in [1.29, 1.82) is 0 Å². The van der Waals surface area contributed by atoms with E-state index < -0.39 is 23.9 Å². The minimum Gasteiger partial charge on any atom is -0.489 e. The molecule has 1 fully saturated rings. The second-order valence-electron chi connectivity index (χ2n) is 5.01. The molecule has 0 saturated carbocycles. The van der Waals surface area contributed by atoms with Gasteiger partial charge in [0.2, 0.25) is 0 Å². The summed E-state index contributed by atoms with van der Waals surface area (Å²) in [6, 6.07) is 3.17. The van der Waals surface area contributed by atoms with Crippen LogP contribution < -0.4 is 10.1 Å². The molecule has 11 heteroatoms. The molecular formula is C14H14ClF6NO3. The fourth-order valence-corrected chi connectivity index (χ4v) is 2.09. The van der Waals surface area contributed by atoms with Crippen LogP contribution in [0.4, 0.5) is 26.3 Å². The lowest BCUT2D eigenvalue weighted by molar-refractivity contribution is -0.192. The number of ether oxygens (including phenoxy) is 1. The highest BCUT2D eigenvalue weighted by molar-refractivity contribution is 6.32. The molecule has 0 radical (unpaired) electrons. The smallest absolute Gasteiger partial charge is 0.489 e. The number of aliphatic carboxylic acids is 1. The lowest BCUT2D eigenvalue weighted by Crippen LogP contribution is -2.34. The first kappa shape index (κ1) is 21.4. The molecule has 0 aromatic heterocycles. The summed E-state index contributed by atoms with van der Waals surface area (Å²) >= 11 is 5.81. The van der Waals surface area contributed by atoms with E-state index in [-0.39, 0.29) is 11.1 Å². The largest absolute Gasteiger partial charge is 0.490 e. The Labute approximate surface area is 143 Å². The Balaban J connectivity index is 0.000000381. The molecule has 4 nitrogen and oxygen atoms in total. The quantitative estimate of drug-likeness (QED) is 0.742. The maximum Gasteiger partial charge on any atom is 0.490 e. The molecule has 1 aromatic rings. The zero-order valence-corrected chi connectivity index (χ0v) is 13.3. The van der Waals surface area contributed by atoms with Crippen LogP contribution in [0, 0.1) is 0 Å². The van der Waals surface area contributed by atoms with Crippen LogP contribution in [0.3, 0.4) is 0 Å². The van der Waals surface area contributed by atoms with Gasteiger partial charge in [0.05, 0.1) is 10.6 Å². The van der Waals surface area contributed by atoms with Gasteiger partial charge in [-0.1, -0.05) is 11.6 Å². The Morgan fingerprint density at radius 1 is 1.16 bits per heavy atom. The lowest BCUT2D eigenvalue weighted by atomic mass is 10.1. The Morgan fingerprint density at radius 2 is 1.68 bits per heavy atom. The molecule has 25 heavy (non-hydrogen) atoms. The van der Waals surface area contributed by atoms with Crippen molar-refractivity contribution >= 4 is 17.6 Å². The Hall–Kier alpha value is -1.68. The minimum absolute atomic E-state index is 0.00311. The Kier molecular flexibility index (Phi) is 7.36. The molecule has 2 N–H and O–H groups in total. The number of nitrogens with one attached hydrogen (secondary N) is 1. The van der Waals surface area contributed by atoms with E-state index in [0.717, 1.165) is 38.1 Å². The molecule has 1 aromatic carbocycles. The maximum absolute atomic E-state index is 12.5. The van der Waals surface area contributed by atoms with E-state index >= 15 is 0 Å². The van der Waals surface area contributed by atoms with Gasteiger partial charge >= 0.3 is 18.3 Å². The number of piperidine rings is 1. The third kappa shape index (κ3) is 7.39. The Bertz CT molecular complexity index is 585. The maximum atomic E-state index is 12.5. The summed E-state index contributed by atoms with van der Waals surface area (Å²) in [4.78, 5) is 8.90. The number of hydrogen-bond donors (Lipinski definition) is 2. The van der Waals surface area contributed by atoms with Crippen LogP contribution in [-0.2, 0) is 11.0 Å². The molecule has 0 amide bonds. The second kappa shape index (κ2) is 8.61. The third-order valence-corrected chi connectivity index (χ3v) is 3.38. The third-order valence-electron chi connectivity index (χ3n) is 3.08. The average molecular weight is 394 g/mol. The number of carbonyl (C=O) groups is 1. The molecule has 1 aliphatic heterocycles. The lowest BCUT2D eigenvalue weighted by Gasteiger charge is -2.24. The highest BCUT2D eigenvalue weighted by atomic mass is 35.5. The molecule has 1 saturated heterocycles. The van der Waals surface area contributed by atoms with Gasteiger partial charge in [-0.2, -0.15) is 26.3 Å². The highest BCUT2D eigenvalue weighted by Crippen LogP contribution is 2.35. The van der Waals surface area contributed by atoms with E-state index in [9.17, 15) is 26.3 Å².